The number of carbonyl (C=O) groups is 1. The third kappa shape index (κ3) is 2.96. The van der Waals surface area contributed by atoms with E-state index in [9.17, 15) is 4.79 Å². The van der Waals surface area contributed by atoms with Gasteiger partial charge >= 0.3 is 0 Å². The molecule has 1 spiro atoms. The van der Waals surface area contributed by atoms with Gasteiger partial charge in [-0.05, 0) is 31.8 Å². The van der Waals surface area contributed by atoms with Gasteiger partial charge in [0.25, 0.3) is 5.91 Å². The molecule has 8 heteroatoms. The molecule has 1 N–H and O–H groups in total. The number of nitrogens with one attached hydrogen (secondary N) is 1. The highest BCUT2D eigenvalue weighted by Crippen LogP contribution is 2.54. The molecule has 2 bridgehead atoms. The molecule has 1 aromatic rings. The summed E-state index contributed by atoms with van der Waals surface area (Å²) in [6.07, 6.45) is 2.47. The maximum absolute atomic E-state index is 12.3. The number of hydrogen-bond acceptors (Lipinski definition) is 7. The van der Waals surface area contributed by atoms with Gasteiger partial charge in [0.05, 0.1) is 18.3 Å². The van der Waals surface area contributed by atoms with E-state index in [1.165, 1.54) is 0 Å². The van der Waals surface area contributed by atoms with Crippen LogP contribution in [0, 0.1) is 18.8 Å². The predicted molar refractivity (Wildman–Crippen MR) is 88.1 cm³/mol. The van der Waals surface area contributed by atoms with E-state index >= 15 is 0 Å². The molecule has 138 valence electrons. The Morgan fingerprint density at radius 2 is 2.36 bits per heavy atom. The van der Waals surface area contributed by atoms with E-state index in [-0.39, 0.29) is 23.3 Å². The molecule has 0 radical (unpaired) electrons. The summed E-state index contributed by atoms with van der Waals surface area (Å²) in [5.74, 6) is 0.612. The van der Waals surface area contributed by atoms with Gasteiger partial charge in [-0.3, -0.25) is 9.69 Å². The Morgan fingerprint density at radius 1 is 1.48 bits per heavy atom. The predicted octanol–water partition coefficient (Wildman–Crippen LogP) is 0.624. The molecule has 0 aliphatic carbocycles. The van der Waals surface area contributed by atoms with Gasteiger partial charge in [0, 0.05) is 44.6 Å². The van der Waals surface area contributed by atoms with Crippen LogP contribution in [0.2, 0.25) is 0 Å². The number of hydrogen-bond donors (Lipinski definition) is 1. The highest BCUT2D eigenvalue weighted by atomic mass is 16.6. The lowest BCUT2D eigenvalue weighted by Gasteiger charge is -2.29. The molecular weight excluding hydrogens is 324 g/mol. The van der Waals surface area contributed by atoms with Crippen LogP contribution in [0.4, 0.5) is 0 Å². The Balaban J connectivity index is 1.37. The summed E-state index contributed by atoms with van der Waals surface area (Å²) >= 11 is 0. The highest BCUT2D eigenvalue weighted by molar-refractivity contribution is 5.92. The average molecular weight is 350 g/mol. The second-order valence-corrected chi connectivity index (χ2v) is 7.37. The third-order valence-electron chi connectivity index (χ3n) is 5.98. The molecule has 0 aromatic carbocycles. The summed E-state index contributed by atoms with van der Waals surface area (Å²) in [7, 11) is 0. The van der Waals surface area contributed by atoms with Crippen molar-refractivity contribution in [1.82, 2.24) is 20.5 Å². The van der Waals surface area contributed by atoms with Crippen LogP contribution in [-0.4, -0.2) is 72.2 Å². The summed E-state index contributed by atoms with van der Waals surface area (Å²) < 4.78 is 16.5. The number of nitrogens with zero attached hydrogens (tertiary/aromatic N) is 3. The van der Waals surface area contributed by atoms with Crippen LogP contribution in [0.1, 0.15) is 35.9 Å². The van der Waals surface area contributed by atoms with Gasteiger partial charge < -0.3 is 14.8 Å². The molecule has 4 atom stereocenters. The largest absolute Gasteiger partial charge is 0.380 e. The van der Waals surface area contributed by atoms with E-state index in [0.29, 0.717) is 24.1 Å². The molecule has 3 fully saturated rings. The van der Waals surface area contributed by atoms with Crippen molar-refractivity contribution in [2.24, 2.45) is 11.8 Å². The Bertz CT molecular complexity index is 636. The zero-order chi connectivity index (χ0) is 17.4. The Morgan fingerprint density at radius 3 is 3.12 bits per heavy atom. The molecule has 3 aliphatic rings. The number of carbonyl (C=O) groups excluding carboxylic acids is 1. The van der Waals surface area contributed by atoms with Crippen LogP contribution < -0.4 is 5.32 Å². The zero-order valence-electron chi connectivity index (χ0n) is 14.9. The molecule has 25 heavy (non-hydrogen) atoms. The minimum absolute atomic E-state index is 0.0162. The third-order valence-corrected chi connectivity index (χ3v) is 5.98. The quantitative estimate of drug-likeness (QED) is 0.721. The fourth-order valence-corrected chi connectivity index (χ4v) is 4.80. The SMILES string of the molecule is CCOCCN1C[C@@H]2[C@H](CNC(=O)c3nonc3C)[C@H]3CC[C@]2(C1)O3. The van der Waals surface area contributed by atoms with Crippen LogP contribution in [0.5, 0.6) is 0 Å². The minimum atomic E-state index is -0.221. The van der Waals surface area contributed by atoms with Crippen molar-refractivity contribution in [3.05, 3.63) is 11.4 Å². The number of likely N-dealkylation sites (tertiary alicyclic amines) is 1. The van der Waals surface area contributed by atoms with Crippen molar-refractivity contribution in [1.29, 1.82) is 0 Å². The van der Waals surface area contributed by atoms with Gasteiger partial charge in [-0.25, -0.2) is 4.63 Å². The molecule has 3 aliphatic heterocycles. The van der Waals surface area contributed by atoms with E-state index in [0.717, 1.165) is 45.7 Å². The Labute approximate surface area is 147 Å². The first kappa shape index (κ1) is 16.9. The number of ether oxygens (including phenoxy) is 2. The lowest BCUT2D eigenvalue weighted by Crippen LogP contribution is -2.42. The number of rotatable bonds is 7. The van der Waals surface area contributed by atoms with Crippen LogP contribution in [0.15, 0.2) is 4.63 Å². The number of fused-ring (bicyclic) bond motifs is 1. The van der Waals surface area contributed by atoms with Crippen molar-refractivity contribution in [2.75, 3.05) is 39.4 Å². The van der Waals surface area contributed by atoms with Crippen molar-refractivity contribution >= 4 is 5.91 Å². The van der Waals surface area contributed by atoms with Crippen molar-refractivity contribution in [2.45, 2.75) is 38.4 Å². The van der Waals surface area contributed by atoms with Gasteiger partial charge in [0.2, 0.25) is 0 Å². The second-order valence-electron chi connectivity index (χ2n) is 7.37. The average Bonchev–Trinajstić information content (AvgIpc) is 3.33. The Kier molecular flexibility index (Phi) is 4.51. The zero-order valence-corrected chi connectivity index (χ0v) is 14.9. The number of aryl methyl sites for hydroxylation is 1. The van der Waals surface area contributed by atoms with Gasteiger partial charge in [-0.15, -0.1) is 0 Å². The lowest BCUT2D eigenvalue weighted by atomic mass is 9.73. The molecule has 8 nitrogen and oxygen atoms in total. The number of amides is 1. The summed E-state index contributed by atoms with van der Waals surface area (Å²) in [5.41, 5.74) is 0.766. The van der Waals surface area contributed by atoms with Crippen molar-refractivity contribution in [3.63, 3.8) is 0 Å². The molecule has 4 rings (SSSR count). The van der Waals surface area contributed by atoms with Gasteiger partial charge in [0.1, 0.15) is 5.69 Å². The molecule has 1 aromatic heterocycles. The van der Waals surface area contributed by atoms with Gasteiger partial charge in [-0.2, -0.15) is 0 Å². The van der Waals surface area contributed by atoms with E-state index < -0.39 is 0 Å². The minimum Gasteiger partial charge on any atom is -0.380 e. The molecule has 4 heterocycles. The summed E-state index contributed by atoms with van der Waals surface area (Å²) in [6.45, 7) is 8.83. The van der Waals surface area contributed by atoms with Crippen LogP contribution in [0.3, 0.4) is 0 Å². The molecular formula is C17H26N4O4. The first-order chi connectivity index (χ1) is 12.1. The summed E-state index contributed by atoms with van der Waals surface area (Å²) in [5, 5.41) is 10.3. The fourth-order valence-electron chi connectivity index (χ4n) is 4.80. The van der Waals surface area contributed by atoms with Crippen molar-refractivity contribution < 1.29 is 18.9 Å². The van der Waals surface area contributed by atoms with Gasteiger partial charge in [-0.1, -0.05) is 5.16 Å². The normalized spacial score (nSPS) is 33.8. The van der Waals surface area contributed by atoms with Crippen LogP contribution >= 0.6 is 0 Å². The molecule has 0 unspecified atom stereocenters. The van der Waals surface area contributed by atoms with E-state index in [2.05, 4.69) is 25.2 Å². The van der Waals surface area contributed by atoms with Crippen molar-refractivity contribution in [3.8, 4) is 0 Å². The van der Waals surface area contributed by atoms with Gasteiger partial charge in [0.15, 0.2) is 5.69 Å². The van der Waals surface area contributed by atoms with E-state index in [1.54, 1.807) is 6.92 Å². The monoisotopic (exact) mass is 350 g/mol. The fraction of sp³-hybridized carbons (Fsp3) is 0.824. The smallest absolute Gasteiger partial charge is 0.275 e. The topological polar surface area (TPSA) is 89.7 Å². The summed E-state index contributed by atoms with van der Waals surface area (Å²) in [4.78, 5) is 14.7. The molecule has 3 saturated heterocycles. The standard InChI is InChI=1S/C17H26N4O4/c1-3-23-7-6-21-9-13-12(14-4-5-17(13,10-21)24-14)8-18-16(22)15-11(2)19-25-20-15/h12-14H,3-10H2,1-2H3,(H,18,22)/t12-,13+,14+,17+/m0/s1. The maximum Gasteiger partial charge on any atom is 0.275 e. The highest BCUT2D eigenvalue weighted by Gasteiger charge is 2.62. The van der Waals surface area contributed by atoms with Crippen LogP contribution in [-0.2, 0) is 9.47 Å². The first-order valence-corrected chi connectivity index (χ1v) is 9.18. The second kappa shape index (κ2) is 6.66. The van der Waals surface area contributed by atoms with E-state index in [1.807, 2.05) is 6.92 Å². The number of aromatic nitrogens is 2. The molecule has 1 amide bonds. The van der Waals surface area contributed by atoms with E-state index in [4.69, 9.17) is 9.47 Å². The summed E-state index contributed by atoms with van der Waals surface area (Å²) in [6, 6.07) is 0. The molecule has 0 saturated carbocycles. The van der Waals surface area contributed by atoms with Crippen LogP contribution in [0.25, 0.3) is 0 Å². The Hall–Kier alpha value is -1.51. The first-order valence-electron chi connectivity index (χ1n) is 9.18. The maximum atomic E-state index is 12.3. The lowest BCUT2D eigenvalue weighted by molar-refractivity contribution is 0.000445.